The van der Waals surface area contributed by atoms with Gasteiger partial charge < -0.3 is 15.2 Å². The molecule has 0 aliphatic rings. The normalized spacial score (nSPS) is 11.8. The fraction of sp³-hybridized carbons (Fsp3) is 0.571. The third-order valence-corrected chi connectivity index (χ3v) is 2.97. The van der Waals surface area contributed by atoms with Gasteiger partial charge in [-0.3, -0.25) is 4.79 Å². The SMILES string of the molecule is CCCC(CNc1ncc(C(=O)OCC)c(C)n1)C(=O)O. The third kappa shape index (κ3) is 5.02. The van der Waals surface area contributed by atoms with E-state index < -0.39 is 17.9 Å². The number of hydrogen-bond donors (Lipinski definition) is 2. The molecule has 1 atom stereocenters. The molecule has 1 rings (SSSR count). The highest BCUT2D eigenvalue weighted by Crippen LogP contribution is 2.11. The monoisotopic (exact) mass is 295 g/mol. The van der Waals surface area contributed by atoms with E-state index in [0.717, 1.165) is 6.42 Å². The number of rotatable bonds is 8. The molecule has 0 aliphatic heterocycles. The van der Waals surface area contributed by atoms with Gasteiger partial charge in [0.1, 0.15) is 0 Å². The number of carboxylic acids is 1. The van der Waals surface area contributed by atoms with Crippen molar-refractivity contribution in [1.82, 2.24) is 9.97 Å². The van der Waals surface area contributed by atoms with Crippen LogP contribution in [-0.4, -0.2) is 40.2 Å². The van der Waals surface area contributed by atoms with Gasteiger partial charge in [-0.15, -0.1) is 0 Å². The summed E-state index contributed by atoms with van der Waals surface area (Å²) < 4.78 is 4.89. The van der Waals surface area contributed by atoms with Crippen LogP contribution in [0.25, 0.3) is 0 Å². The Hall–Kier alpha value is -2.18. The Labute approximate surface area is 123 Å². The predicted octanol–water partition coefficient (Wildman–Crippen LogP) is 1.87. The van der Waals surface area contributed by atoms with Crippen molar-refractivity contribution in [3.8, 4) is 0 Å². The van der Waals surface area contributed by atoms with E-state index in [1.54, 1.807) is 13.8 Å². The van der Waals surface area contributed by atoms with Gasteiger partial charge in [0, 0.05) is 12.7 Å². The molecule has 1 heterocycles. The van der Waals surface area contributed by atoms with Crippen LogP contribution in [0, 0.1) is 12.8 Å². The minimum absolute atomic E-state index is 0.251. The van der Waals surface area contributed by atoms with Crippen molar-refractivity contribution >= 4 is 17.9 Å². The van der Waals surface area contributed by atoms with E-state index >= 15 is 0 Å². The maximum atomic E-state index is 11.6. The van der Waals surface area contributed by atoms with Gasteiger partial charge in [0.05, 0.1) is 23.8 Å². The van der Waals surface area contributed by atoms with E-state index in [4.69, 9.17) is 9.84 Å². The summed E-state index contributed by atoms with van der Waals surface area (Å²) in [6, 6.07) is 0. The molecule has 0 radical (unpaired) electrons. The van der Waals surface area contributed by atoms with Gasteiger partial charge in [-0.2, -0.15) is 0 Å². The average Bonchev–Trinajstić information content (AvgIpc) is 2.43. The Morgan fingerprint density at radius 2 is 2.14 bits per heavy atom. The minimum atomic E-state index is -0.843. The van der Waals surface area contributed by atoms with E-state index in [2.05, 4.69) is 15.3 Å². The lowest BCUT2D eigenvalue weighted by Gasteiger charge is -2.13. The van der Waals surface area contributed by atoms with Crippen molar-refractivity contribution < 1.29 is 19.4 Å². The van der Waals surface area contributed by atoms with Crippen LogP contribution < -0.4 is 5.32 Å². The summed E-state index contributed by atoms with van der Waals surface area (Å²) in [5.74, 6) is -1.48. The maximum absolute atomic E-state index is 11.6. The molecule has 0 aromatic carbocycles. The van der Waals surface area contributed by atoms with Crippen LogP contribution in [0.4, 0.5) is 5.95 Å². The number of hydrogen-bond acceptors (Lipinski definition) is 6. The molecule has 0 spiro atoms. The van der Waals surface area contributed by atoms with Crippen molar-refractivity contribution in [1.29, 1.82) is 0 Å². The Kier molecular flexibility index (Phi) is 6.58. The Bertz CT molecular complexity index is 505. The lowest BCUT2D eigenvalue weighted by Crippen LogP contribution is -2.23. The fourth-order valence-corrected chi connectivity index (χ4v) is 1.84. The lowest BCUT2D eigenvalue weighted by molar-refractivity contribution is -0.141. The molecule has 7 nitrogen and oxygen atoms in total. The van der Waals surface area contributed by atoms with Gasteiger partial charge in [0.25, 0.3) is 0 Å². The number of nitrogens with one attached hydrogen (secondary N) is 1. The Morgan fingerprint density at radius 3 is 2.67 bits per heavy atom. The van der Waals surface area contributed by atoms with E-state index in [1.807, 2.05) is 6.92 Å². The molecule has 0 bridgehead atoms. The number of aliphatic carboxylic acids is 1. The van der Waals surface area contributed by atoms with Crippen LogP contribution in [0.5, 0.6) is 0 Å². The second kappa shape index (κ2) is 8.18. The lowest BCUT2D eigenvalue weighted by atomic mass is 10.0. The van der Waals surface area contributed by atoms with Crippen molar-refractivity contribution in [2.75, 3.05) is 18.5 Å². The largest absolute Gasteiger partial charge is 0.481 e. The summed E-state index contributed by atoms with van der Waals surface area (Å²) in [6.07, 6.45) is 2.76. The number of esters is 1. The molecular weight excluding hydrogens is 274 g/mol. The van der Waals surface area contributed by atoms with E-state index in [-0.39, 0.29) is 13.2 Å². The zero-order valence-corrected chi connectivity index (χ0v) is 12.5. The van der Waals surface area contributed by atoms with Gasteiger partial charge in [0.2, 0.25) is 5.95 Å². The Balaban J connectivity index is 2.71. The maximum Gasteiger partial charge on any atom is 0.341 e. The molecule has 21 heavy (non-hydrogen) atoms. The number of nitrogens with zero attached hydrogens (tertiary/aromatic N) is 2. The number of ether oxygens (including phenoxy) is 1. The van der Waals surface area contributed by atoms with Gasteiger partial charge in [0.15, 0.2) is 0 Å². The Morgan fingerprint density at radius 1 is 1.43 bits per heavy atom. The first kappa shape index (κ1) is 16.9. The van der Waals surface area contributed by atoms with Gasteiger partial charge in [-0.25, -0.2) is 14.8 Å². The van der Waals surface area contributed by atoms with Crippen LogP contribution in [-0.2, 0) is 9.53 Å². The quantitative estimate of drug-likeness (QED) is 0.706. The van der Waals surface area contributed by atoms with Gasteiger partial charge in [-0.1, -0.05) is 13.3 Å². The van der Waals surface area contributed by atoms with Crippen LogP contribution in [0.3, 0.4) is 0 Å². The number of aryl methyl sites for hydroxylation is 1. The molecule has 2 N–H and O–H groups in total. The number of carbonyl (C=O) groups excluding carboxylic acids is 1. The van der Waals surface area contributed by atoms with Crippen molar-refractivity contribution in [3.05, 3.63) is 17.5 Å². The summed E-state index contributed by atoms with van der Waals surface area (Å²) >= 11 is 0. The zero-order chi connectivity index (χ0) is 15.8. The van der Waals surface area contributed by atoms with E-state index in [1.165, 1.54) is 6.20 Å². The third-order valence-electron chi connectivity index (χ3n) is 2.97. The molecule has 0 fully saturated rings. The fourth-order valence-electron chi connectivity index (χ4n) is 1.84. The number of anilines is 1. The molecular formula is C14H21N3O4. The molecule has 116 valence electrons. The summed E-state index contributed by atoms with van der Waals surface area (Å²) in [7, 11) is 0. The molecule has 0 saturated heterocycles. The first-order valence-corrected chi connectivity index (χ1v) is 6.97. The summed E-state index contributed by atoms with van der Waals surface area (Å²) in [5, 5.41) is 12.0. The predicted molar refractivity (Wildman–Crippen MR) is 77.2 cm³/mol. The molecule has 0 saturated carbocycles. The first-order chi connectivity index (χ1) is 9.99. The summed E-state index contributed by atoms with van der Waals surface area (Å²) in [5.41, 5.74) is 0.805. The molecule has 7 heteroatoms. The topological polar surface area (TPSA) is 101 Å². The molecule has 1 aromatic rings. The highest BCUT2D eigenvalue weighted by atomic mass is 16.5. The minimum Gasteiger partial charge on any atom is -0.481 e. The number of aromatic nitrogens is 2. The van der Waals surface area contributed by atoms with Gasteiger partial charge >= 0.3 is 11.9 Å². The van der Waals surface area contributed by atoms with Gasteiger partial charge in [-0.05, 0) is 20.3 Å². The van der Waals surface area contributed by atoms with Crippen LogP contribution >= 0.6 is 0 Å². The second-order valence-electron chi connectivity index (χ2n) is 4.62. The first-order valence-electron chi connectivity index (χ1n) is 6.97. The van der Waals surface area contributed by atoms with Crippen molar-refractivity contribution in [3.63, 3.8) is 0 Å². The van der Waals surface area contributed by atoms with Crippen molar-refractivity contribution in [2.24, 2.45) is 5.92 Å². The zero-order valence-electron chi connectivity index (χ0n) is 12.5. The molecule has 1 aromatic heterocycles. The summed E-state index contributed by atoms with van der Waals surface area (Å²) in [4.78, 5) is 30.8. The molecule has 1 unspecified atom stereocenters. The number of carboxylic acid groups (broad SMARTS) is 1. The van der Waals surface area contributed by atoms with E-state index in [9.17, 15) is 9.59 Å². The van der Waals surface area contributed by atoms with Crippen LogP contribution in [0.2, 0.25) is 0 Å². The second-order valence-corrected chi connectivity index (χ2v) is 4.62. The van der Waals surface area contributed by atoms with Crippen LogP contribution in [0.1, 0.15) is 42.7 Å². The molecule has 0 amide bonds. The van der Waals surface area contributed by atoms with Crippen molar-refractivity contribution in [2.45, 2.75) is 33.6 Å². The average molecular weight is 295 g/mol. The smallest absolute Gasteiger partial charge is 0.341 e. The summed E-state index contributed by atoms with van der Waals surface area (Å²) in [6.45, 7) is 5.88. The molecule has 0 aliphatic carbocycles. The highest BCUT2D eigenvalue weighted by Gasteiger charge is 2.17. The van der Waals surface area contributed by atoms with Crippen LogP contribution in [0.15, 0.2) is 6.20 Å². The standard InChI is InChI=1S/C14H21N3O4/c1-4-6-10(12(18)19)7-15-14-16-8-11(9(3)17-14)13(20)21-5-2/h8,10H,4-7H2,1-3H3,(H,18,19)(H,15,16,17). The van der Waals surface area contributed by atoms with E-state index in [0.29, 0.717) is 23.6 Å². The number of carbonyl (C=O) groups is 2. The highest BCUT2D eigenvalue weighted by molar-refractivity contribution is 5.90.